The molecule has 0 aromatic heterocycles. The number of oxime groups is 1. The van der Waals surface area contributed by atoms with Gasteiger partial charge in [-0.25, -0.2) is 0 Å². The van der Waals surface area contributed by atoms with Crippen molar-refractivity contribution in [1.29, 1.82) is 0 Å². The van der Waals surface area contributed by atoms with Gasteiger partial charge in [-0.05, 0) is 86.0 Å². The standard InChI is InChI=1S/C37H57N5O7/c1-11-12-26(30(44)34(46)38-25-13-14-25)39-33(45)28-18-23(17-27(41-48)24-15-21(2)31(49-10)22(3)16-24)20-42(28)35(47)32(37(7,8)9)40-29(43)19-36(4,5)6/h15-16,23,25-26,28,32,48H,11-14,17-20H2,1-10H3,(H,38,46)(H,39,45)(H,40,43)/b41-27+/t23-,26-,28-,32+/m0/s1. The van der Waals surface area contributed by atoms with E-state index in [-0.39, 0.29) is 55.5 Å². The molecule has 1 aromatic rings. The average molecular weight is 684 g/mol. The molecule has 1 heterocycles. The number of benzene rings is 1. The minimum atomic E-state index is -1.04. The number of amides is 4. The number of likely N-dealkylation sites (tertiary alicyclic amines) is 1. The Hall–Kier alpha value is -3.96. The van der Waals surface area contributed by atoms with Gasteiger partial charge in [-0.2, -0.15) is 0 Å². The lowest BCUT2D eigenvalue weighted by Gasteiger charge is -2.36. The number of nitrogens with one attached hydrogen (secondary N) is 3. The van der Waals surface area contributed by atoms with Crippen LogP contribution in [0.15, 0.2) is 17.3 Å². The maximum atomic E-state index is 14.4. The highest BCUT2D eigenvalue weighted by Gasteiger charge is 2.46. The van der Waals surface area contributed by atoms with Crippen LogP contribution in [0.3, 0.4) is 0 Å². The molecule has 12 nitrogen and oxygen atoms in total. The summed E-state index contributed by atoms with van der Waals surface area (Å²) in [5.41, 5.74) is 1.84. The SMILES string of the molecule is CCC[C@H](NC(=O)[C@@H]1C[C@H](C/C(=N\O)c2cc(C)c(OC)c(C)c2)CN1C(=O)[C@@H](NC(=O)CC(C)(C)C)C(C)(C)C)C(=O)C(=O)NC1CC1. The van der Waals surface area contributed by atoms with Crippen molar-refractivity contribution in [3.63, 3.8) is 0 Å². The van der Waals surface area contributed by atoms with Crippen molar-refractivity contribution >= 4 is 35.1 Å². The van der Waals surface area contributed by atoms with Gasteiger partial charge in [0, 0.05) is 24.6 Å². The number of aryl methyl sites for hydroxylation is 2. The number of Topliss-reactive ketones (excluding diaryl/α,β-unsaturated/α-hetero) is 1. The molecule has 1 aromatic carbocycles. The second kappa shape index (κ2) is 16.2. The number of ether oxygens (including phenoxy) is 1. The highest BCUT2D eigenvalue weighted by atomic mass is 16.5. The van der Waals surface area contributed by atoms with E-state index in [9.17, 15) is 29.2 Å². The van der Waals surface area contributed by atoms with Crippen LogP contribution in [0.2, 0.25) is 0 Å². The van der Waals surface area contributed by atoms with Crippen molar-refractivity contribution in [3.05, 3.63) is 28.8 Å². The second-order valence-electron chi connectivity index (χ2n) is 16.1. The van der Waals surface area contributed by atoms with Gasteiger partial charge >= 0.3 is 0 Å². The van der Waals surface area contributed by atoms with Crippen molar-refractivity contribution in [2.45, 2.75) is 131 Å². The minimum Gasteiger partial charge on any atom is -0.496 e. The lowest BCUT2D eigenvalue weighted by atomic mass is 9.84. The molecule has 4 atom stereocenters. The normalized spacial score (nSPS) is 19.6. The summed E-state index contributed by atoms with van der Waals surface area (Å²) in [5, 5.41) is 22.2. The summed E-state index contributed by atoms with van der Waals surface area (Å²) in [6, 6.07) is 0.763. The number of ketones is 1. The fourth-order valence-corrected chi connectivity index (χ4v) is 6.47. The van der Waals surface area contributed by atoms with Crippen molar-refractivity contribution in [1.82, 2.24) is 20.9 Å². The highest BCUT2D eigenvalue weighted by Crippen LogP contribution is 2.33. The van der Waals surface area contributed by atoms with Gasteiger partial charge in [0.15, 0.2) is 0 Å². The molecule has 0 radical (unpaired) electrons. The summed E-state index contributed by atoms with van der Waals surface area (Å²) in [6.07, 6.45) is 3.14. The van der Waals surface area contributed by atoms with Crippen LogP contribution < -0.4 is 20.7 Å². The maximum absolute atomic E-state index is 14.4. The molecule has 12 heteroatoms. The predicted molar refractivity (Wildman–Crippen MR) is 187 cm³/mol. The third-order valence-electron chi connectivity index (χ3n) is 9.03. The lowest BCUT2D eigenvalue weighted by Crippen LogP contribution is -2.59. The van der Waals surface area contributed by atoms with E-state index in [0.29, 0.717) is 17.7 Å². The Balaban J connectivity index is 1.94. The molecule has 2 fully saturated rings. The molecule has 0 spiro atoms. The Bertz CT molecular complexity index is 1410. The summed E-state index contributed by atoms with van der Waals surface area (Å²) < 4.78 is 5.49. The van der Waals surface area contributed by atoms with Crippen LogP contribution >= 0.6 is 0 Å². The zero-order valence-corrected chi connectivity index (χ0v) is 31.0. The molecule has 4 N–H and O–H groups in total. The van der Waals surface area contributed by atoms with Crippen molar-refractivity contribution in [2.75, 3.05) is 13.7 Å². The van der Waals surface area contributed by atoms with Crippen LogP contribution in [0.1, 0.15) is 110 Å². The molecule has 1 saturated heterocycles. The Morgan fingerprint density at radius 3 is 2.12 bits per heavy atom. The van der Waals surface area contributed by atoms with E-state index in [0.717, 1.165) is 29.7 Å². The average Bonchev–Trinajstić information content (AvgIpc) is 3.70. The van der Waals surface area contributed by atoms with Gasteiger partial charge in [0.25, 0.3) is 5.91 Å². The van der Waals surface area contributed by atoms with Crippen LogP contribution in [0.5, 0.6) is 5.75 Å². The first-order chi connectivity index (χ1) is 22.8. The van der Waals surface area contributed by atoms with Crippen molar-refractivity contribution in [3.8, 4) is 5.75 Å². The molecule has 2 aliphatic rings. The molecule has 4 amide bonds. The first-order valence-corrected chi connectivity index (χ1v) is 17.4. The number of nitrogens with zero attached hydrogens (tertiary/aromatic N) is 2. The van der Waals surface area contributed by atoms with E-state index < -0.39 is 47.0 Å². The maximum Gasteiger partial charge on any atom is 0.289 e. The van der Waals surface area contributed by atoms with Gasteiger partial charge in [0.05, 0.1) is 18.9 Å². The molecular weight excluding hydrogens is 626 g/mol. The molecule has 0 unspecified atom stereocenters. The first kappa shape index (κ1) is 39.5. The summed E-state index contributed by atoms with van der Waals surface area (Å²) in [5.74, 6) is -2.22. The van der Waals surface area contributed by atoms with Gasteiger partial charge in [-0.3, -0.25) is 24.0 Å². The number of hydrogen-bond acceptors (Lipinski definition) is 8. The van der Waals surface area contributed by atoms with Gasteiger partial charge in [0.2, 0.25) is 23.5 Å². The van der Waals surface area contributed by atoms with Crippen LogP contribution in [0, 0.1) is 30.6 Å². The lowest BCUT2D eigenvalue weighted by molar-refractivity contribution is -0.145. The zero-order valence-electron chi connectivity index (χ0n) is 31.0. The summed E-state index contributed by atoms with van der Waals surface area (Å²) in [7, 11) is 1.60. The van der Waals surface area contributed by atoms with Gasteiger partial charge in [0.1, 0.15) is 17.8 Å². The van der Waals surface area contributed by atoms with Crippen LogP contribution in [0.4, 0.5) is 0 Å². The molecule has 272 valence electrons. The third kappa shape index (κ3) is 10.8. The smallest absolute Gasteiger partial charge is 0.289 e. The van der Waals surface area contributed by atoms with Gasteiger partial charge in [-0.1, -0.05) is 60.0 Å². The topological polar surface area (TPSA) is 166 Å². The van der Waals surface area contributed by atoms with Gasteiger partial charge < -0.3 is 30.8 Å². The Kier molecular flexibility index (Phi) is 13.0. The third-order valence-corrected chi connectivity index (χ3v) is 9.03. The highest BCUT2D eigenvalue weighted by molar-refractivity contribution is 6.38. The van der Waals surface area contributed by atoms with Crippen molar-refractivity contribution < 1.29 is 33.9 Å². The van der Waals surface area contributed by atoms with Gasteiger partial charge in [-0.15, -0.1) is 0 Å². The summed E-state index contributed by atoms with van der Waals surface area (Å²) >= 11 is 0. The predicted octanol–water partition coefficient (Wildman–Crippen LogP) is 4.20. The fraction of sp³-hybridized carbons (Fsp3) is 0.676. The monoisotopic (exact) mass is 683 g/mol. The Morgan fingerprint density at radius 1 is 1.02 bits per heavy atom. The van der Waals surface area contributed by atoms with E-state index in [4.69, 9.17) is 4.74 Å². The minimum absolute atomic E-state index is 0.0124. The number of carbonyl (C=O) groups is 5. The number of rotatable bonds is 14. The molecule has 49 heavy (non-hydrogen) atoms. The van der Waals surface area contributed by atoms with E-state index in [2.05, 4.69) is 21.1 Å². The second-order valence-corrected chi connectivity index (χ2v) is 16.1. The van der Waals surface area contributed by atoms with Crippen LogP contribution in [-0.4, -0.2) is 83.1 Å². The summed E-state index contributed by atoms with van der Waals surface area (Å²) in [6.45, 7) is 17.2. The number of carbonyl (C=O) groups excluding carboxylic acids is 5. The van der Waals surface area contributed by atoms with Crippen molar-refractivity contribution in [2.24, 2.45) is 21.9 Å². The van der Waals surface area contributed by atoms with E-state index in [1.807, 2.05) is 74.4 Å². The Labute approximate surface area is 291 Å². The largest absolute Gasteiger partial charge is 0.496 e. The molecule has 1 aliphatic carbocycles. The van der Waals surface area contributed by atoms with E-state index >= 15 is 0 Å². The summed E-state index contributed by atoms with van der Waals surface area (Å²) in [4.78, 5) is 68.8. The zero-order chi connectivity index (χ0) is 36.8. The quantitative estimate of drug-likeness (QED) is 0.0987. The molecule has 1 aliphatic heterocycles. The van der Waals surface area contributed by atoms with E-state index in [1.165, 1.54) is 4.90 Å². The fourth-order valence-electron chi connectivity index (χ4n) is 6.47. The number of hydrogen-bond donors (Lipinski definition) is 4. The molecule has 1 saturated carbocycles. The van der Waals surface area contributed by atoms with Crippen LogP contribution in [-0.2, 0) is 24.0 Å². The van der Waals surface area contributed by atoms with E-state index in [1.54, 1.807) is 7.11 Å². The first-order valence-electron chi connectivity index (χ1n) is 17.4. The van der Waals surface area contributed by atoms with Crippen LogP contribution in [0.25, 0.3) is 0 Å². The number of methoxy groups -OCH3 is 1. The molecule has 3 rings (SSSR count). The molecular formula is C37H57N5O7. The Morgan fingerprint density at radius 2 is 1.63 bits per heavy atom. The molecule has 0 bridgehead atoms.